The monoisotopic (exact) mass is 301 g/mol. The van der Waals surface area contributed by atoms with Crippen LogP contribution in [-0.2, 0) is 0 Å². The number of carbonyl (C=O) groups is 1. The van der Waals surface area contributed by atoms with E-state index in [2.05, 4.69) is 21.2 Å². The normalized spacial score (nSPS) is 10.5. The number of nitrogens with one attached hydrogen (secondary N) is 1. The summed E-state index contributed by atoms with van der Waals surface area (Å²) in [5, 5.41) is 2.73. The molecule has 0 aliphatic heterocycles. The van der Waals surface area contributed by atoms with Gasteiger partial charge in [0.15, 0.2) is 0 Å². The van der Waals surface area contributed by atoms with Gasteiger partial charge in [0, 0.05) is 16.2 Å². The van der Waals surface area contributed by atoms with Crippen LogP contribution in [0, 0.1) is 0 Å². The van der Waals surface area contributed by atoms with Gasteiger partial charge in [-0.25, -0.2) is 0 Å². The van der Waals surface area contributed by atoms with E-state index in [0.717, 1.165) is 10.0 Å². The first kappa shape index (κ1) is 12.6. The highest BCUT2D eigenvalue weighted by atomic mass is 79.9. The predicted octanol–water partition coefficient (Wildman–Crippen LogP) is 3.85. The summed E-state index contributed by atoms with van der Waals surface area (Å²) in [6, 6.07) is 17.0. The molecule has 0 atom stereocenters. The Morgan fingerprint density at radius 1 is 1.06 bits per heavy atom. The average Bonchev–Trinajstić information content (AvgIpc) is 2.40. The number of carbonyl (C=O) groups excluding carboxylic acids is 1. The Hall–Kier alpha value is -1.87. The Morgan fingerprint density at radius 2 is 1.83 bits per heavy atom. The van der Waals surface area contributed by atoms with Crippen molar-refractivity contribution >= 4 is 27.9 Å². The largest absolute Gasteiger partial charge is 0.329 e. The van der Waals surface area contributed by atoms with E-state index < -0.39 is 0 Å². The standard InChI is InChI=1S/C15H12BrNO/c16-14-8-4-5-12(11-14)9-10-17-15(18)13-6-2-1-3-7-13/h1-11H,(H,17,18). The lowest BCUT2D eigenvalue weighted by Crippen LogP contribution is -2.16. The van der Waals surface area contributed by atoms with Gasteiger partial charge in [-0.05, 0) is 35.9 Å². The van der Waals surface area contributed by atoms with Crippen LogP contribution in [0.5, 0.6) is 0 Å². The molecule has 0 bridgehead atoms. The number of benzene rings is 2. The van der Waals surface area contributed by atoms with E-state index in [1.807, 2.05) is 48.5 Å². The Morgan fingerprint density at radius 3 is 2.56 bits per heavy atom. The van der Waals surface area contributed by atoms with Gasteiger partial charge in [0.05, 0.1) is 0 Å². The number of rotatable bonds is 3. The molecule has 3 heteroatoms. The molecular formula is C15H12BrNO. The van der Waals surface area contributed by atoms with Crippen molar-refractivity contribution in [3.05, 3.63) is 76.4 Å². The van der Waals surface area contributed by atoms with E-state index in [1.54, 1.807) is 18.3 Å². The average molecular weight is 302 g/mol. The summed E-state index contributed by atoms with van der Waals surface area (Å²) in [6.45, 7) is 0. The lowest BCUT2D eigenvalue weighted by atomic mass is 10.2. The lowest BCUT2D eigenvalue weighted by Gasteiger charge is -1.99. The van der Waals surface area contributed by atoms with Crippen LogP contribution in [0.3, 0.4) is 0 Å². The minimum Gasteiger partial charge on any atom is -0.329 e. The number of amides is 1. The van der Waals surface area contributed by atoms with Crippen molar-refractivity contribution in [2.75, 3.05) is 0 Å². The van der Waals surface area contributed by atoms with Crippen LogP contribution in [-0.4, -0.2) is 5.91 Å². The second-order valence-corrected chi connectivity index (χ2v) is 4.64. The molecule has 2 nitrogen and oxygen atoms in total. The number of hydrogen-bond acceptors (Lipinski definition) is 1. The predicted molar refractivity (Wildman–Crippen MR) is 77.1 cm³/mol. The maximum Gasteiger partial charge on any atom is 0.255 e. The van der Waals surface area contributed by atoms with Crippen LogP contribution >= 0.6 is 15.9 Å². The molecule has 18 heavy (non-hydrogen) atoms. The third-order valence-electron chi connectivity index (χ3n) is 2.37. The summed E-state index contributed by atoms with van der Waals surface area (Å²) >= 11 is 3.40. The Bertz CT molecular complexity index is 564. The topological polar surface area (TPSA) is 29.1 Å². The van der Waals surface area contributed by atoms with Crippen molar-refractivity contribution in [2.45, 2.75) is 0 Å². The molecule has 0 saturated carbocycles. The number of halogens is 1. The number of hydrogen-bond donors (Lipinski definition) is 1. The van der Waals surface area contributed by atoms with Gasteiger partial charge in [0.25, 0.3) is 5.91 Å². The van der Waals surface area contributed by atoms with Gasteiger partial charge in [-0.2, -0.15) is 0 Å². The van der Waals surface area contributed by atoms with Gasteiger partial charge in [-0.15, -0.1) is 0 Å². The molecule has 1 amide bonds. The lowest BCUT2D eigenvalue weighted by molar-refractivity contribution is 0.0970. The van der Waals surface area contributed by atoms with Crippen molar-refractivity contribution in [1.82, 2.24) is 5.32 Å². The van der Waals surface area contributed by atoms with E-state index in [-0.39, 0.29) is 5.91 Å². The van der Waals surface area contributed by atoms with E-state index in [1.165, 1.54) is 0 Å². The zero-order chi connectivity index (χ0) is 12.8. The summed E-state index contributed by atoms with van der Waals surface area (Å²) in [5.74, 6) is -0.109. The molecule has 90 valence electrons. The summed E-state index contributed by atoms with van der Waals surface area (Å²) < 4.78 is 1.01. The fourth-order valence-electron chi connectivity index (χ4n) is 1.50. The molecule has 0 aliphatic rings. The summed E-state index contributed by atoms with van der Waals surface area (Å²) in [6.07, 6.45) is 3.50. The molecule has 0 fully saturated rings. The van der Waals surface area contributed by atoms with Crippen LogP contribution in [0.25, 0.3) is 6.08 Å². The molecule has 0 aliphatic carbocycles. The third-order valence-corrected chi connectivity index (χ3v) is 2.87. The SMILES string of the molecule is O=C(NC=Cc1cccc(Br)c1)c1ccccc1. The summed E-state index contributed by atoms with van der Waals surface area (Å²) in [4.78, 5) is 11.7. The highest BCUT2D eigenvalue weighted by Crippen LogP contribution is 2.12. The molecule has 0 radical (unpaired) electrons. The zero-order valence-corrected chi connectivity index (χ0v) is 11.2. The molecular weight excluding hydrogens is 290 g/mol. The maximum absolute atomic E-state index is 11.7. The fourth-order valence-corrected chi connectivity index (χ4v) is 1.91. The van der Waals surface area contributed by atoms with Crippen molar-refractivity contribution in [1.29, 1.82) is 0 Å². The molecule has 0 spiro atoms. The zero-order valence-electron chi connectivity index (χ0n) is 9.64. The second kappa shape index (κ2) is 6.17. The molecule has 0 heterocycles. The first-order valence-electron chi connectivity index (χ1n) is 5.54. The van der Waals surface area contributed by atoms with Crippen LogP contribution in [0.1, 0.15) is 15.9 Å². The van der Waals surface area contributed by atoms with Gasteiger partial charge in [0.2, 0.25) is 0 Å². The van der Waals surface area contributed by atoms with E-state index in [0.29, 0.717) is 5.56 Å². The second-order valence-electron chi connectivity index (χ2n) is 3.73. The summed E-state index contributed by atoms with van der Waals surface area (Å²) in [7, 11) is 0. The minimum absolute atomic E-state index is 0.109. The van der Waals surface area contributed by atoms with Gasteiger partial charge in [0.1, 0.15) is 0 Å². The summed E-state index contributed by atoms with van der Waals surface area (Å²) in [5.41, 5.74) is 1.68. The van der Waals surface area contributed by atoms with Crippen molar-refractivity contribution < 1.29 is 4.79 Å². The maximum atomic E-state index is 11.7. The third kappa shape index (κ3) is 3.57. The van der Waals surface area contributed by atoms with Gasteiger partial charge in [-0.3, -0.25) is 4.79 Å². The van der Waals surface area contributed by atoms with Crippen molar-refractivity contribution in [3.8, 4) is 0 Å². The van der Waals surface area contributed by atoms with Crippen LogP contribution < -0.4 is 5.32 Å². The Kier molecular flexibility index (Phi) is 4.31. The fraction of sp³-hybridized carbons (Fsp3) is 0. The highest BCUT2D eigenvalue weighted by Gasteiger charge is 2.00. The van der Waals surface area contributed by atoms with Crippen molar-refractivity contribution in [3.63, 3.8) is 0 Å². The van der Waals surface area contributed by atoms with Crippen LogP contribution in [0.15, 0.2) is 65.3 Å². The quantitative estimate of drug-likeness (QED) is 0.916. The minimum atomic E-state index is -0.109. The Balaban J connectivity index is 1.98. The molecule has 2 aromatic carbocycles. The molecule has 2 aromatic rings. The van der Waals surface area contributed by atoms with Crippen LogP contribution in [0.4, 0.5) is 0 Å². The van der Waals surface area contributed by atoms with Gasteiger partial charge >= 0.3 is 0 Å². The van der Waals surface area contributed by atoms with Crippen molar-refractivity contribution in [2.24, 2.45) is 0 Å². The molecule has 2 rings (SSSR count). The van der Waals surface area contributed by atoms with E-state index in [9.17, 15) is 4.79 Å². The smallest absolute Gasteiger partial charge is 0.255 e. The van der Waals surface area contributed by atoms with Gasteiger partial charge < -0.3 is 5.32 Å². The highest BCUT2D eigenvalue weighted by molar-refractivity contribution is 9.10. The molecule has 0 unspecified atom stereocenters. The van der Waals surface area contributed by atoms with Crippen LogP contribution in [0.2, 0.25) is 0 Å². The van der Waals surface area contributed by atoms with E-state index >= 15 is 0 Å². The first-order chi connectivity index (χ1) is 8.75. The van der Waals surface area contributed by atoms with Gasteiger partial charge in [-0.1, -0.05) is 46.3 Å². The first-order valence-corrected chi connectivity index (χ1v) is 6.33. The molecule has 1 N–H and O–H groups in total. The molecule has 0 saturated heterocycles. The molecule has 0 aromatic heterocycles. The van der Waals surface area contributed by atoms with E-state index in [4.69, 9.17) is 0 Å². The Labute approximate surface area is 114 Å².